The molecule has 0 radical (unpaired) electrons. The maximum absolute atomic E-state index is 13.7. The van der Waals surface area contributed by atoms with Gasteiger partial charge in [0.05, 0.1) is 13.2 Å². The summed E-state index contributed by atoms with van der Waals surface area (Å²) >= 11 is 0. The molecule has 5 heteroatoms. The van der Waals surface area contributed by atoms with Gasteiger partial charge in [-0.05, 0) is 23.8 Å². The molecule has 0 spiro atoms. The second-order valence-electron chi connectivity index (χ2n) is 9.43. The molecule has 1 fully saturated rings. The normalized spacial score (nSPS) is 26.1. The molecule has 0 aromatic rings. The molecule has 3 aliphatic rings. The van der Waals surface area contributed by atoms with Gasteiger partial charge in [0.15, 0.2) is 11.5 Å². The van der Waals surface area contributed by atoms with Gasteiger partial charge in [0, 0.05) is 41.8 Å². The van der Waals surface area contributed by atoms with Crippen molar-refractivity contribution in [3.63, 3.8) is 0 Å². The van der Waals surface area contributed by atoms with Crippen molar-refractivity contribution in [2.24, 2.45) is 17.3 Å². The molecule has 3 rings (SSSR count). The van der Waals surface area contributed by atoms with Gasteiger partial charge >= 0.3 is 0 Å². The van der Waals surface area contributed by atoms with Gasteiger partial charge in [-0.15, -0.1) is 0 Å². The van der Waals surface area contributed by atoms with Gasteiger partial charge in [0.25, 0.3) is 0 Å². The molecule has 0 aromatic carbocycles. The molecule has 1 aliphatic heterocycles. The molecule has 1 heterocycles. The number of hydrogen-bond donors (Lipinski definition) is 0. The van der Waals surface area contributed by atoms with Crippen molar-refractivity contribution >= 4 is 11.6 Å². The predicted octanol–water partition coefficient (Wildman–Crippen LogP) is 4.26. The van der Waals surface area contributed by atoms with Gasteiger partial charge in [0.2, 0.25) is 5.78 Å². The van der Waals surface area contributed by atoms with Crippen molar-refractivity contribution in [1.82, 2.24) is 4.90 Å². The minimum absolute atomic E-state index is 0.0992. The zero-order valence-electron chi connectivity index (χ0n) is 19.8. The van der Waals surface area contributed by atoms with E-state index in [0.29, 0.717) is 49.0 Å². The minimum Gasteiger partial charge on any atom is -0.488 e. The van der Waals surface area contributed by atoms with E-state index in [9.17, 15) is 9.59 Å². The van der Waals surface area contributed by atoms with Crippen LogP contribution in [0.2, 0.25) is 0 Å². The van der Waals surface area contributed by atoms with E-state index in [1.807, 2.05) is 19.9 Å². The average molecular weight is 428 g/mol. The Morgan fingerprint density at radius 3 is 2.48 bits per heavy atom. The van der Waals surface area contributed by atoms with Gasteiger partial charge in [-0.3, -0.25) is 14.5 Å². The number of nitrogens with zero attached hydrogens (tertiary/aromatic N) is 1. The molecule has 1 saturated heterocycles. The van der Waals surface area contributed by atoms with Gasteiger partial charge < -0.3 is 9.47 Å². The molecule has 1 unspecified atom stereocenters. The summed E-state index contributed by atoms with van der Waals surface area (Å²) in [5, 5.41) is 0. The van der Waals surface area contributed by atoms with Crippen LogP contribution in [0.4, 0.5) is 0 Å². The van der Waals surface area contributed by atoms with E-state index in [0.717, 1.165) is 31.5 Å². The maximum atomic E-state index is 13.7. The molecule has 2 atom stereocenters. The molecule has 0 N–H and O–H groups in total. The van der Waals surface area contributed by atoms with E-state index in [2.05, 4.69) is 38.3 Å². The van der Waals surface area contributed by atoms with E-state index in [1.165, 1.54) is 0 Å². The lowest BCUT2D eigenvalue weighted by molar-refractivity contribution is -0.119. The van der Waals surface area contributed by atoms with Crippen molar-refractivity contribution in [2.75, 3.05) is 39.5 Å². The third kappa shape index (κ3) is 4.49. The van der Waals surface area contributed by atoms with Crippen LogP contribution in [0.25, 0.3) is 0 Å². The van der Waals surface area contributed by atoms with Gasteiger partial charge in [-0.2, -0.15) is 0 Å². The summed E-state index contributed by atoms with van der Waals surface area (Å²) in [6.45, 7) is 18.9. The molecule has 0 aromatic heterocycles. The average Bonchev–Trinajstić information content (AvgIpc) is 2.74. The van der Waals surface area contributed by atoms with Crippen LogP contribution in [0.15, 0.2) is 46.8 Å². The lowest BCUT2D eigenvalue weighted by Gasteiger charge is -2.40. The summed E-state index contributed by atoms with van der Waals surface area (Å²) < 4.78 is 11.4. The van der Waals surface area contributed by atoms with Gasteiger partial charge in [-0.1, -0.05) is 59.8 Å². The Balaban J connectivity index is 1.87. The van der Waals surface area contributed by atoms with Crippen LogP contribution in [0.5, 0.6) is 0 Å². The number of morpholine rings is 1. The Kier molecular flexibility index (Phi) is 7.38. The van der Waals surface area contributed by atoms with Crippen LogP contribution in [0.1, 0.15) is 47.5 Å². The summed E-state index contributed by atoms with van der Waals surface area (Å²) in [6, 6.07) is 0. The highest BCUT2D eigenvalue weighted by atomic mass is 16.5. The summed E-state index contributed by atoms with van der Waals surface area (Å²) in [7, 11) is 0. The summed E-state index contributed by atoms with van der Waals surface area (Å²) in [4.78, 5) is 29.3. The Hall–Kier alpha value is -1.98. The lowest BCUT2D eigenvalue weighted by Crippen LogP contribution is -2.39. The van der Waals surface area contributed by atoms with E-state index < -0.39 is 0 Å². The first-order valence-corrected chi connectivity index (χ1v) is 11.6. The molecular weight excluding hydrogens is 390 g/mol. The SMILES string of the molecule is C=C1C2=C(C=CC1(C)[C@H](C)CCC)C(=O)C(C(C)C)=C(OCCN1CCOCC1)C2=O. The molecule has 5 nitrogen and oxygen atoms in total. The highest BCUT2D eigenvalue weighted by Crippen LogP contribution is 2.48. The minimum atomic E-state index is -0.348. The maximum Gasteiger partial charge on any atom is 0.229 e. The van der Waals surface area contributed by atoms with Crippen LogP contribution in [0.3, 0.4) is 0 Å². The third-order valence-electron chi connectivity index (χ3n) is 7.07. The van der Waals surface area contributed by atoms with E-state index in [-0.39, 0.29) is 28.7 Å². The largest absolute Gasteiger partial charge is 0.488 e. The smallest absolute Gasteiger partial charge is 0.229 e. The topological polar surface area (TPSA) is 55.8 Å². The number of ketones is 2. The Morgan fingerprint density at radius 2 is 1.87 bits per heavy atom. The number of hydrogen-bond acceptors (Lipinski definition) is 5. The first kappa shape index (κ1) is 23.7. The first-order valence-electron chi connectivity index (χ1n) is 11.6. The lowest BCUT2D eigenvalue weighted by atomic mass is 9.63. The number of carbonyl (C=O) groups excluding carboxylic acids is 2. The number of rotatable bonds is 8. The summed E-state index contributed by atoms with van der Waals surface area (Å²) in [5.41, 5.74) is 1.79. The van der Waals surface area contributed by atoms with Gasteiger partial charge in [-0.25, -0.2) is 0 Å². The van der Waals surface area contributed by atoms with Crippen LogP contribution >= 0.6 is 0 Å². The van der Waals surface area contributed by atoms with Crippen LogP contribution in [0, 0.1) is 17.3 Å². The molecule has 0 saturated carbocycles. The van der Waals surface area contributed by atoms with Crippen LogP contribution in [-0.2, 0) is 19.1 Å². The number of ether oxygens (including phenoxy) is 2. The zero-order valence-corrected chi connectivity index (χ0v) is 19.8. The monoisotopic (exact) mass is 427 g/mol. The molecule has 0 amide bonds. The highest BCUT2D eigenvalue weighted by Gasteiger charge is 2.44. The predicted molar refractivity (Wildman–Crippen MR) is 123 cm³/mol. The first-order chi connectivity index (χ1) is 14.7. The Morgan fingerprint density at radius 1 is 1.19 bits per heavy atom. The fraction of sp³-hybridized carbons (Fsp3) is 0.615. The highest BCUT2D eigenvalue weighted by molar-refractivity contribution is 6.27. The van der Waals surface area contributed by atoms with Crippen LogP contribution in [-0.4, -0.2) is 55.9 Å². The van der Waals surface area contributed by atoms with Crippen molar-refractivity contribution in [2.45, 2.75) is 47.5 Å². The Labute approximate surface area is 186 Å². The number of allylic oxidation sites excluding steroid dienone is 6. The van der Waals surface area contributed by atoms with Crippen molar-refractivity contribution in [3.8, 4) is 0 Å². The van der Waals surface area contributed by atoms with Crippen LogP contribution < -0.4 is 0 Å². The second kappa shape index (κ2) is 9.66. The van der Waals surface area contributed by atoms with Crippen molar-refractivity contribution in [1.29, 1.82) is 0 Å². The van der Waals surface area contributed by atoms with E-state index >= 15 is 0 Å². The Bertz CT molecular complexity index is 841. The van der Waals surface area contributed by atoms with Crippen molar-refractivity contribution < 1.29 is 19.1 Å². The fourth-order valence-electron chi connectivity index (χ4n) is 4.77. The number of carbonyl (C=O) groups is 2. The molecule has 0 bridgehead atoms. The fourth-order valence-corrected chi connectivity index (χ4v) is 4.77. The van der Waals surface area contributed by atoms with E-state index in [4.69, 9.17) is 9.47 Å². The summed E-state index contributed by atoms with van der Waals surface area (Å²) in [5.74, 6) is 0.143. The zero-order chi connectivity index (χ0) is 22.8. The third-order valence-corrected chi connectivity index (χ3v) is 7.07. The second-order valence-corrected chi connectivity index (χ2v) is 9.43. The quantitative estimate of drug-likeness (QED) is 0.542. The standard InChI is InChI=1S/C26H37NO4/c1-7-8-18(4)26(6)10-9-20-22(19(26)5)24(29)25(21(17(2)3)23(20)28)31-16-13-27-11-14-30-15-12-27/h9-10,17-18H,5,7-8,11-16H2,1-4,6H3/t18-,26?/m1/s1. The summed E-state index contributed by atoms with van der Waals surface area (Å²) in [6.07, 6.45) is 6.01. The molecule has 31 heavy (non-hydrogen) atoms. The van der Waals surface area contributed by atoms with E-state index in [1.54, 1.807) is 0 Å². The number of Topliss-reactive ketones (excluding diaryl/α,β-unsaturated/α-hetero) is 2. The molecular formula is C26H37NO4. The molecule has 2 aliphatic carbocycles. The molecule has 170 valence electrons. The van der Waals surface area contributed by atoms with Gasteiger partial charge in [0.1, 0.15) is 6.61 Å². The van der Waals surface area contributed by atoms with Crippen molar-refractivity contribution in [3.05, 3.63) is 46.8 Å².